The Kier molecular flexibility index (Phi) is 5.45. The Morgan fingerprint density at radius 1 is 1.04 bits per heavy atom. The van der Waals surface area contributed by atoms with Crippen LogP contribution in [0.15, 0.2) is 12.1 Å². The smallest absolute Gasteiger partial charge is 0.254 e. The molecule has 0 aromatic heterocycles. The van der Waals surface area contributed by atoms with Gasteiger partial charge in [-0.15, -0.1) is 0 Å². The lowest BCUT2D eigenvalue weighted by atomic mass is 9.95. The van der Waals surface area contributed by atoms with Crippen molar-refractivity contribution in [3.8, 4) is 0 Å². The van der Waals surface area contributed by atoms with Gasteiger partial charge >= 0.3 is 0 Å². The fourth-order valence-corrected chi connectivity index (χ4v) is 4.16. The molecule has 136 valence electrons. The van der Waals surface area contributed by atoms with E-state index in [4.69, 9.17) is 0 Å². The van der Waals surface area contributed by atoms with Crippen LogP contribution in [0.4, 0.5) is 0 Å². The Hall–Kier alpha value is -1.84. The van der Waals surface area contributed by atoms with Crippen molar-refractivity contribution in [2.24, 2.45) is 0 Å². The summed E-state index contributed by atoms with van der Waals surface area (Å²) >= 11 is 0. The van der Waals surface area contributed by atoms with Gasteiger partial charge in [-0.25, -0.2) is 0 Å². The van der Waals surface area contributed by atoms with Gasteiger partial charge in [0.2, 0.25) is 5.91 Å². The van der Waals surface area contributed by atoms with E-state index in [-0.39, 0.29) is 17.9 Å². The minimum Gasteiger partial charge on any atom is -0.343 e. The summed E-state index contributed by atoms with van der Waals surface area (Å²) in [5.74, 6) is 0.441. The van der Waals surface area contributed by atoms with Crippen molar-refractivity contribution in [2.75, 3.05) is 19.6 Å². The zero-order valence-corrected chi connectivity index (χ0v) is 15.8. The quantitative estimate of drug-likeness (QED) is 0.838. The van der Waals surface area contributed by atoms with Gasteiger partial charge in [0.1, 0.15) is 0 Å². The Balaban J connectivity index is 1.72. The summed E-state index contributed by atoms with van der Waals surface area (Å²) in [6, 6.07) is 4.42. The van der Waals surface area contributed by atoms with E-state index in [1.807, 2.05) is 17.9 Å². The topological polar surface area (TPSA) is 40.6 Å². The SMILES string of the molecule is Cc1cc(C)c(C(=O)N2CCCCC2CCN2CCCC2=O)cc1C. The Labute approximate surface area is 151 Å². The van der Waals surface area contributed by atoms with Gasteiger partial charge in [-0.2, -0.15) is 0 Å². The highest BCUT2D eigenvalue weighted by Gasteiger charge is 2.30. The number of rotatable bonds is 4. The Morgan fingerprint density at radius 2 is 1.80 bits per heavy atom. The monoisotopic (exact) mass is 342 g/mol. The van der Waals surface area contributed by atoms with Crippen LogP contribution < -0.4 is 0 Å². The van der Waals surface area contributed by atoms with E-state index in [1.54, 1.807) is 0 Å². The lowest BCUT2D eigenvalue weighted by Crippen LogP contribution is -2.45. The molecule has 0 bridgehead atoms. The highest BCUT2D eigenvalue weighted by molar-refractivity contribution is 5.96. The maximum absolute atomic E-state index is 13.2. The number of amides is 2. The fourth-order valence-electron chi connectivity index (χ4n) is 4.16. The van der Waals surface area contributed by atoms with Crippen molar-refractivity contribution in [2.45, 2.75) is 65.3 Å². The van der Waals surface area contributed by atoms with Gasteiger partial charge in [0.15, 0.2) is 0 Å². The number of hydrogen-bond acceptors (Lipinski definition) is 2. The summed E-state index contributed by atoms with van der Waals surface area (Å²) in [4.78, 5) is 29.1. The van der Waals surface area contributed by atoms with Gasteiger partial charge in [-0.05, 0) is 75.6 Å². The molecule has 25 heavy (non-hydrogen) atoms. The summed E-state index contributed by atoms with van der Waals surface area (Å²) in [7, 11) is 0. The minimum atomic E-state index is 0.165. The van der Waals surface area contributed by atoms with E-state index in [2.05, 4.69) is 24.8 Å². The second-order valence-corrected chi connectivity index (χ2v) is 7.67. The van der Waals surface area contributed by atoms with Crippen molar-refractivity contribution < 1.29 is 9.59 Å². The van der Waals surface area contributed by atoms with Crippen molar-refractivity contribution in [3.63, 3.8) is 0 Å². The van der Waals surface area contributed by atoms with Crippen LogP contribution in [-0.2, 0) is 4.79 Å². The minimum absolute atomic E-state index is 0.165. The number of hydrogen-bond donors (Lipinski definition) is 0. The van der Waals surface area contributed by atoms with E-state index in [1.165, 1.54) is 17.5 Å². The molecule has 1 atom stereocenters. The van der Waals surface area contributed by atoms with Crippen molar-refractivity contribution in [1.82, 2.24) is 9.80 Å². The molecule has 0 spiro atoms. The first-order chi connectivity index (χ1) is 12.0. The molecule has 2 fully saturated rings. The van der Waals surface area contributed by atoms with Gasteiger partial charge in [-0.1, -0.05) is 6.07 Å². The Bertz CT molecular complexity index is 668. The van der Waals surface area contributed by atoms with Gasteiger partial charge in [0.05, 0.1) is 0 Å². The molecular formula is C21H30N2O2. The molecule has 0 radical (unpaired) electrons. The van der Waals surface area contributed by atoms with E-state index in [0.717, 1.165) is 56.4 Å². The maximum atomic E-state index is 13.2. The highest BCUT2D eigenvalue weighted by atomic mass is 16.2. The van der Waals surface area contributed by atoms with Crippen LogP contribution in [0.3, 0.4) is 0 Å². The summed E-state index contributed by atoms with van der Waals surface area (Å²) in [5, 5.41) is 0. The first kappa shape index (κ1) is 18.0. The van der Waals surface area contributed by atoms with Crippen LogP contribution in [0.2, 0.25) is 0 Å². The lowest BCUT2D eigenvalue weighted by Gasteiger charge is -2.37. The molecule has 2 heterocycles. The number of piperidine rings is 1. The molecule has 1 unspecified atom stereocenters. The first-order valence-corrected chi connectivity index (χ1v) is 9.64. The average molecular weight is 342 g/mol. The molecule has 1 aromatic rings. The van der Waals surface area contributed by atoms with Crippen LogP contribution in [-0.4, -0.2) is 47.3 Å². The number of nitrogens with zero attached hydrogens (tertiary/aromatic N) is 2. The van der Waals surface area contributed by atoms with Crippen molar-refractivity contribution in [1.29, 1.82) is 0 Å². The molecule has 2 saturated heterocycles. The molecule has 2 aliphatic rings. The van der Waals surface area contributed by atoms with Crippen LogP contribution in [0.1, 0.15) is 65.6 Å². The highest BCUT2D eigenvalue weighted by Crippen LogP contribution is 2.25. The first-order valence-electron chi connectivity index (χ1n) is 9.64. The number of benzene rings is 1. The fraction of sp³-hybridized carbons (Fsp3) is 0.619. The number of carbonyl (C=O) groups excluding carboxylic acids is 2. The van der Waals surface area contributed by atoms with Crippen LogP contribution in [0.5, 0.6) is 0 Å². The molecule has 3 rings (SSSR count). The average Bonchev–Trinajstić information content (AvgIpc) is 3.01. The third-order valence-electron chi connectivity index (χ3n) is 5.86. The second-order valence-electron chi connectivity index (χ2n) is 7.67. The number of likely N-dealkylation sites (tertiary alicyclic amines) is 2. The van der Waals surface area contributed by atoms with Crippen LogP contribution >= 0.6 is 0 Å². The number of aryl methyl sites for hydroxylation is 3. The third kappa shape index (κ3) is 3.88. The molecule has 1 aromatic carbocycles. The lowest BCUT2D eigenvalue weighted by molar-refractivity contribution is -0.127. The Morgan fingerprint density at radius 3 is 2.52 bits per heavy atom. The second kappa shape index (κ2) is 7.59. The van der Waals surface area contributed by atoms with Crippen molar-refractivity contribution >= 4 is 11.8 Å². The zero-order valence-electron chi connectivity index (χ0n) is 15.8. The molecule has 0 N–H and O–H groups in total. The van der Waals surface area contributed by atoms with E-state index >= 15 is 0 Å². The molecule has 2 aliphatic heterocycles. The maximum Gasteiger partial charge on any atom is 0.254 e. The van der Waals surface area contributed by atoms with Gasteiger partial charge in [0.25, 0.3) is 5.91 Å². The molecule has 2 amide bonds. The zero-order chi connectivity index (χ0) is 18.0. The summed E-state index contributed by atoms with van der Waals surface area (Å²) in [6.07, 6.45) is 5.88. The van der Waals surface area contributed by atoms with Crippen LogP contribution in [0, 0.1) is 20.8 Å². The summed E-state index contributed by atoms with van der Waals surface area (Å²) in [6.45, 7) is 8.70. The third-order valence-corrected chi connectivity index (χ3v) is 5.86. The van der Waals surface area contributed by atoms with E-state index in [0.29, 0.717) is 6.42 Å². The van der Waals surface area contributed by atoms with Crippen molar-refractivity contribution in [3.05, 3.63) is 34.4 Å². The number of carbonyl (C=O) groups is 2. The summed E-state index contributed by atoms with van der Waals surface area (Å²) in [5.41, 5.74) is 4.31. The molecular weight excluding hydrogens is 312 g/mol. The normalized spacial score (nSPS) is 21.1. The van der Waals surface area contributed by atoms with Crippen LogP contribution in [0.25, 0.3) is 0 Å². The van der Waals surface area contributed by atoms with Gasteiger partial charge in [-0.3, -0.25) is 9.59 Å². The summed E-state index contributed by atoms with van der Waals surface area (Å²) < 4.78 is 0. The molecule has 0 saturated carbocycles. The van der Waals surface area contributed by atoms with E-state index in [9.17, 15) is 9.59 Å². The molecule has 4 heteroatoms. The van der Waals surface area contributed by atoms with Gasteiger partial charge in [0, 0.05) is 37.7 Å². The van der Waals surface area contributed by atoms with Gasteiger partial charge < -0.3 is 9.80 Å². The predicted octanol–water partition coefficient (Wildman–Crippen LogP) is 3.62. The molecule has 0 aliphatic carbocycles. The largest absolute Gasteiger partial charge is 0.343 e. The van der Waals surface area contributed by atoms with E-state index < -0.39 is 0 Å². The standard InChI is InChI=1S/C21H30N2O2/c1-15-13-17(3)19(14-16(15)2)21(25)23-11-5-4-7-18(23)9-12-22-10-6-8-20(22)24/h13-14,18H,4-12H2,1-3H3. The molecule has 4 nitrogen and oxygen atoms in total. The predicted molar refractivity (Wildman–Crippen MR) is 99.8 cm³/mol.